The van der Waals surface area contributed by atoms with Gasteiger partial charge >= 0.3 is 0 Å². The summed E-state index contributed by atoms with van der Waals surface area (Å²) < 4.78 is 31.2. The minimum atomic E-state index is -2.55. The van der Waals surface area contributed by atoms with Gasteiger partial charge in [0.05, 0.1) is 12.0 Å². The number of likely N-dealkylation sites (tertiary alicyclic amines) is 1. The second kappa shape index (κ2) is 7.58. The molecule has 0 radical (unpaired) electrons. The number of furan rings is 1. The Hall–Kier alpha value is -2.38. The number of alkyl halides is 2. The number of hydrogen-bond donors (Lipinski definition) is 2. The van der Waals surface area contributed by atoms with Crippen molar-refractivity contribution in [3.05, 3.63) is 30.2 Å². The zero-order valence-corrected chi connectivity index (χ0v) is 11.8. The van der Waals surface area contributed by atoms with E-state index in [2.05, 4.69) is 10.3 Å². The second-order valence-corrected chi connectivity index (χ2v) is 4.75. The molecule has 3 rings (SSSR count). The van der Waals surface area contributed by atoms with Crippen molar-refractivity contribution < 1.29 is 23.1 Å². The van der Waals surface area contributed by atoms with Crippen LogP contribution in [0.15, 0.2) is 33.9 Å². The van der Waals surface area contributed by atoms with E-state index in [0.29, 0.717) is 17.3 Å². The summed E-state index contributed by atoms with van der Waals surface area (Å²) in [5.74, 6) is 1.17. The zero-order valence-electron chi connectivity index (χ0n) is 11.8. The summed E-state index contributed by atoms with van der Waals surface area (Å²) in [4.78, 5) is 14.5. The first kappa shape index (κ1) is 16.0. The zero-order chi connectivity index (χ0) is 15.9. The Balaban J connectivity index is 0.000000545. The topological polar surface area (TPSA) is 78.1 Å². The third-order valence-corrected chi connectivity index (χ3v) is 3.30. The maximum atomic E-state index is 12.9. The molecular formula is C14H17F2N3O3. The molecule has 2 aliphatic rings. The summed E-state index contributed by atoms with van der Waals surface area (Å²) >= 11 is 0. The first-order valence-corrected chi connectivity index (χ1v) is 6.86. The van der Waals surface area contributed by atoms with Crippen LogP contribution in [0.4, 0.5) is 8.78 Å². The van der Waals surface area contributed by atoms with Crippen LogP contribution in [0.1, 0.15) is 18.6 Å². The quantitative estimate of drug-likeness (QED) is 0.817. The Morgan fingerprint density at radius 1 is 1.45 bits per heavy atom. The van der Waals surface area contributed by atoms with Gasteiger partial charge in [-0.05, 0) is 25.0 Å². The van der Waals surface area contributed by atoms with Gasteiger partial charge in [0.1, 0.15) is 11.6 Å². The van der Waals surface area contributed by atoms with Crippen LogP contribution in [0.25, 0.3) is 5.70 Å². The van der Waals surface area contributed by atoms with Crippen molar-refractivity contribution in [3.8, 4) is 0 Å². The average Bonchev–Trinajstić information content (AvgIpc) is 3.21. The van der Waals surface area contributed by atoms with Crippen LogP contribution in [-0.2, 0) is 4.79 Å². The molecule has 1 aromatic heterocycles. The molecule has 22 heavy (non-hydrogen) atoms. The van der Waals surface area contributed by atoms with Gasteiger partial charge in [-0.2, -0.15) is 0 Å². The molecule has 3 heterocycles. The van der Waals surface area contributed by atoms with Crippen LogP contribution in [0.5, 0.6) is 0 Å². The summed E-state index contributed by atoms with van der Waals surface area (Å²) in [7, 11) is 0. The Bertz CT molecular complexity index is 538. The van der Waals surface area contributed by atoms with Crippen molar-refractivity contribution in [2.45, 2.75) is 25.4 Å². The maximum Gasteiger partial charge on any atom is 0.290 e. The van der Waals surface area contributed by atoms with E-state index in [9.17, 15) is 8.78 Å². The molecule has 0 aliphatic carbocycles. The van der Waals surface area contributed by atoms with Crippen molar-refractivity contribution >= 4 is 18.0 Å². The van der Waals surface area contributed by atoms with Gasteiger partial charge in [0.2, 0.25) is 0 Å². The molecule has 1 aromatic rings. The lowest BCUT2D eigenvalue weighted by molar-refractivity contribution is -0.122. The fourth-order valence-electron chi connectivity index (χ4n) is 2.35. The van der Waals surface area contributed by atoms with Crippen LogP contribution >= 0.6 is 0 Å². The van der Waals surface area contributed by atoms with Crippen LogP contribution in [0, 0.1) is 0 Å². The molecule has 0 bridgehead atoms. The van der Waals surface area contributed by atoms with Gasteiger partial charge in [-0.1, -0.05) is 0 Å². The van der Waals surface area contributed by atoms with Crippen molar-refractivity contribution in [1.29, 1.82) is 0 Å². The highest BCUT2D eigenvalue weighted by atomic mass is 19.3. The minimum absolute atomic E-state index is 0.250. The molecule has 0 amide bonds. The van der Waals surface area contributed by atoms with Crippen LogP contribution in [-0.4, -0.2) is 48.0 Å². The van der Waals surface area contributed by atoms with E-state index in [1.807, 2.05) is 4.90 Å². The molecule has 1 fully saturated rings. The number of aliphatic imine (C=N–C) groups is 1. The Labute approximate surface area is 126 Å². The van der Waals surface area contributed by atoms with Gasteiger partial charge in [-0.15, -0.1) is 0 Å². The van der Waals surface area contributed by atoms with E-state index in [1.54, 1.807) is 18.2 Å². The molecule has 2 N–H and O–H groups in total. The number of nitrogens with zero attached hydrogens (tertiary/aromatic N) is 2. The summed E-state index contributed by atoms with van der Waals surface area (Å²) in [5.41, 5.74) is 0.562. The number of hydrogen-bond acceptors (Lipinski definition) is 5. The third kappa shape index (κ3) is 3.84. The molecule has 1 saturated heterocycles. The molecule has 0 saturated carbocycles. The van der Waals surface area contributed by atoms with Crippen LogP contribution < -0.4 is 5.32 Å². The predicted octanol–water partition coefficient (Wildman–Crippen LogP) is 2.01. The van der Waals surface area contributed by atoms with Crippen molar-refractivity contribution in [2.24, 2.45) is 4.99 Å². The fourth-order valence-corrected chi connectivity index (χ4v) is 2.35. The van der Waals surface area contributed by atoms with E-state index in [-0.39, 0.29) is 6.47 Å². The highest BCUT2D eigenvalue weighted by molar-refractivity contribution is 6.00. The van der Waals surface area contributed by atoms with E-state index >= 15 is 0 Å². The normalized spacial score (nSPS) is 20.7. The van der Waals surface area contributed by atoms with E-state index in [4.69, 9.17) is 14.3 Å². The highest BCUT2D eigenvalue weighted by Gasteiger charge is 2.28. The number of carboxylic acid groups (broad SMARTS) is 1. The number of halogens is 2. The first-order valence-electron chi connectivity index (χ1n) is 6.86. The lowest BCUT2D eigenvalue weighted by atomic mass is 10.2. The molecule has 2 aliphatic heterocycles. The summed E-state index contributed by atoms with van der Waals surface area (Å²) in [6, 6.07) is 3.48. The molecular weight excluding hydrogens is 296 g/mol. The summed E-state index contributed by atoms with van der Waals surface area (Å²) in [5, 5.41) is 9.60. The molecule has 6 nitrogen and oxygen atoms in total. The summed E-state index contributed by atoms with van der Waals surface area (Å²) in [6.45, 7) is 1.49. The molecule has 1 atom stereocenters. The Kier molecular flexibility index (Phi) is 5.51. The first-order chi connectivity index (χ1) is 10.7. The fraction of sp³-hybridized carbons (Fsp3) is 0.429. The number of carbonyl (C=O) groups is 1. The van der Waals surface area contributed by atoms with Gasteiger partial charge in [0.25, 0.3) is 12.9 Å². The van der Waals surface area contributed by atoms with Crippen molar-refractivity contribution in [2.75, 3.05) is 13.1 Å². The smallest absolute Gasteiger partial charge is 0.290 e. The molecule has 120 valence electrons. The van der Waals surface area contributed by atoms with Gasteiger partial charge < -0.3 is 19.7 Å². The molecule has 0 spiro atoms. The molecule has 8 heteroatoms. The minimum Gasteiger partial charge on any atom is -0.483 e. The Morgan fingerprint density at radius 2 is 2.14 bits per heavy atom. The lowest BCUT2D eigenvalue weighted by Gasteiger charge is -2.26. The third-order valence-electron chi connectivity index (χ3n) is 3.30. The number of nitrogens with one attached hydrogen (secondary N) is 1. The SMILES string of the molecule is FC(F)C1N=C(N2CCCC2)C=C(c2ccco2)N1.O=CO. The van der Waals surface area contributed by atoms with Crippen LogP contribution in [0.2, 0.25) is 0 Å². The average molecular weight is 313 g/mol. The van der Waals surface area contributed by atoms with Crippen LogP contribution in [0.3, 0.4) is 0 Å². The van der Waals surface area contributed by atoms with Gasteiger partial charge in [0, 0.05) is 19.2 Å². The summed E-state index contributed by atoms with van der Waals surface area (Å²) in [6.07, 6.45) is 1.71. The highest BCUT2D eigenvalue weighted by Crippen LogP contribution is 2.21. The van der Waals surface area contributed by atoms with E-state index in [1.165, 1.54) is 6.26 Å². The van der Waals surface area contributed by atoms with Gasteiger partial charge in [0.15, 0.2) is 6.17 Å². The second-order valence-electron chi connectivity index (χ2n) is 4.75. The number of rotatable bonds is 2. The largest absolute Gasteiger partial charge is 0.483 e. The maximum absolute atomic E-state index is 12.9. The predicted molar refractivity (Wildman–Crippen MR) is 76.5 cm³/mol. The van der Waals surface area contributed by atoms with E-state index < -0.39 is 12.6 Å². The van der Waals surface area contributed by atoms with Crippen molar-refractivity contribution in [3.63, 3.8) is 0 Å². The lowest BCUT2D eigenvalue weighted by Crippen LogP contribution is -2.40. The van der Waals surface area contributed by atoms with Gasteiger partial charge in [-0.25, -0.2) is 13.8 Å². The van der Waals surface area contributed by atoms with E-state index in [0.717, 1.165) is 25.9 Å². The monoisotopic (exact) mass is 313 g/mol. The Morgan fingerprint density at radius 3 is 2.68 bits per heavy atom. The van der Waals surface area contributed by atoms with Crippen molar-refractivity contribution in [1.82, 2.24) is 10.2 Å². The van der Waals surface area contributed by atoms with Gasteiger partial charge in [-0.3, -0.25) is 4.79 Å². The molecule has 0 aromatic carbocycles. The molecule has 1 unspecified atom stereocenters. The number of amidine groups is 1. The standard InChI is InChI=1S/C13H15F2N3O.CH2O2/c14-12(15)13-16-9(10-4-3-7-19-10)8-11(17-13)18-5-1-2-6-18;2-1-3/h3-4,7-8,12-13,16H,1-2,5-6H2;1H,(H,2,3).